The lowest BCUT2D eigenvalue weighted by atomic mass is 10.3. The Labute approximate surface area is 142 Å². The number of hydrogen-bond donors (Lipinski definition) is 2. The Bertz CT molecular complexity index is 643. The van der Waals surface area contributed by atoms with Gasteiger partial charge >= 0.3 is 0 Å². The Hall–Kier alpha value is -1.73. The van der Waals surface area contributed by atoms with E-state index in [1.54, 1.807) is 0 Å². The summed E-state index contributed by atoms with van der Waals surface area (Å²) in [4.78, 5) is 7.18. The van der Waals surface area contributed by atoms with Crippen LogP contribution in [0.1, 0.15) is 0 Å². The van der Waals surface area contributed by atoms with Gasteiger partial charge in [-0.05, 0) is 36.4 Å². The quantitative estimate of drug-likeness (QED) is 0.633. The van der Waals surface area contributed by atoms with Crippen LogP contribution in [0, 0.1) is 0 Å². The fourth-order valence-corrected chi connectivity index (χ4v) is 4.30. The molecule has 0 saturated heterocycles. The Morgan fingerprint density at radius 3 is 1.78 bits per heavy atom. The first-order valence-electron chi connectivity index (χ1n) is 8.05. The second-order valence-corrected chi connectivity index (χ2v) is 17.4. The Balaban J connectivity index is 2.06. The van der Waals surface area contributed by atoms with Crippen LogP contribution in [-0.4, -0.2) is 16.5 Å². The molecule has 2 aromatic carbocycles. The first kappa shape index (κ1) is 17.6. The lowest BCUT2D eigenvalue weighted by Crippen LogP contribution is -2.32. The molecule has 0 aliphatic carbocycles. The van der Waals surface area contributed by atoms with Gasteiger partial charge in [0.25, 0.3) is 0 Å². The summed E-state index contributed by atoms with van der Waals surface area (Å²) >= 11 is 0. The maximum absolute atomic E-state index is 5.98. The Morgan fingerprint density at radius 2 is 1.22 bits per heavy atom. The van der Waals surface area contributed by atoms with Crippen molar-refractivity contribution in [3.8, 4) is 11.5 Å². The summed E-state index contributed by atoms with van der Waals surface area (Å²) in [6.07, 6.45) is 0. The van der Waals surface area contributed by atoms with Crippen LogP contribution in [0.2, 0.25) is 39.3 Å². The van der Waals surface area contributed by atoms with Gasteiger partial charge in [0.05, 0.1) is 0 Å². The highest BCUT2D eigenvalue weighted by atomic mass is 28.3. The van der Waals surface area contributed by atoms with Crippen LogP contribution in [0.4, 0.5) is 11.4 Å². The topological polar surface area (TPSA) is 33.3 Å². The summed E-state index contributed by atoms with van der Waals surface area (Å²) in [6, 6.07) is 16.4. The molecule has 0 aliphatic heterocycles. The largest absolute Gasteiger partial charge is 0.457 e. The first-order valence-corrected chi connectivity index (χ1v) is 15.1. The molecule has 0 heterocycles. The third-order valence-electron chi connectivity index (χ3n) is 2.96. The molecule has 0 atom stereocenters. The lowest BCUT2D eigenvalue weighted by Gasteiger charge is -2.20. The molecule has 124 valence electrons. The van der Waals surface area contributed by atoms with Crippen LogP contribution >= 0.6 is 0 Å². The molecule has 0 amide bonds. The van der Waals surface area contributed by atoms with Gasteiger partial charge in [0, 0.05) is 17.4 Å². The van der Waals surface area contributed by atoms with Crippen molar-refractivity contribution in [1.29, 1.82) is 0 Å². The molecule has 2 aromatic rings. The van der Waals surface area contributed by atoms with Gasteiger partial charge in [0.2, 0.25) is 0 Å². The first-order chi connectivity index (χ1) is 10.6. The number of nitrogens with one attached hydrogen (secondary N) is 2. The summed E-state index contributed by atoms with van der Waals surface area (Å²) in [6.45, 7) is 13.7. The van der Waals surface area contributed by atoms with E-state index in [1.807, 2.05) is 24.3 Å². The number of ether oxygens (including phenoxy) is 1. The van der Waals surface area contributed by atoms with Gasteiger partial charge in [0.1, 0.15) is 28.0 Å². The highest BCUT2D eigenvalue weighted by Gasteiger charge is 2.14. The zero-order valence-corrected chi connectivity index (χ0v) is 17.0. The molecule has 0 bridgehead atoms. The summed E-state index contributed by atoms with van der Waals surface area (Å²) in [5.74, 6) is 1.72. The third kappa shape index (κ3) is 6.50. The van der Waals surface area contributed by atoms with E-state index < -0.39 is 16.5 Å². The lowest BCUT2D eigenvalue weighted by molar-refractivity contribution is 0.483. The molecule has 0 unspecified atom stereocenters. The normalized spacial score (nSPS) is 11.9. The summed E-state index contributed by atoms with van der Waals surface area (Å²) < 4.78 is 5.98. The molecule has 0 aliphatic rings. The van der Waals surface area contributed by atoms with Gasteiger partial charge in [0.15, 0.2) is 0 Å². The maximum Gasteiger partial charge on any atom is 0.144 e. The standard InChI is InChI=1S/C18H28N2OSi2/c1-22(2,3)19-15-10-12-17(13-11-15)21-18-9-7-8-16(14-18)20-23(4,5)6/h7-14,19-20H,1-6H3. The molecule has 3 nitrogen and oxygen atoms in total. The van der Waals surface area contributed by atoms with Crippen molar-refractivity contribution in [2.45, 2.75) is 39.3 Å². The minimum Gasteiger partial charge on any atom is -0.457 e. The molecule has 0 spiro atoms. The number of anilines is 2. The van der Waals surface area contributed by atoms with E-state index in [0.717, 1.165) is 22.9 Å². The Morgan fingerprint density at radius 1 is 0.652 bits per heavy atom. The predicted molar refractivity (Wildman–Crippen MR) is 107 cm³/mol. The van der Waals surface area contributed by atoms with Crippen LogP contribution in [-0.2, 0) is 0 Å². The molecular formula is C18H28N2OSi2. The van der Waals surface area contributed by atoms with Gasteiger partial charge in [-0.15, -0.1) is 0 Å². The van der Waals surface area contributed by atoms with Crippen molar-refractivity contribution in [2.75, 3.05) is 9.96 Å². The van der Waals surface area contributed by atoms with Crippen LogP contribution in [0.5, 0.6) is 11.5 Å². The summed E-state index contributed by atoms with van der Waals surface area (Å²) in [5, 5.41) is 0. The number of benzene rings is 2. The van der Waals surface area contributed by atoms with Crippen molar-refractivity contribution in [3.63, 3.8) is 0 Å². The highest BCUT2D eigenvalue weighted by Crippen LogP contribution is 2.26. The average Bonchev–Trinajstić information content (AvgIpc) is 2.38. The molecule has 0 radical (unpaired) electrons. The molecule has 5 heteroatoms. The van der Waals surface area contributed by atoms with Gasteiger partial charge in [-0.2, -0.15) is 0 Å². The van der Waals surface area contributed by atoms with Gasteiger partial charge in [-0.1, -0.05) is 45.3 Å². The van der Waals surface area contributed by atoms with Crippen molar-refractivity contribution >= 4 is 27.8 Å². The van der Waals surface area contributed by atoms with E-state index in [4.69, 9.17) is 4.74 Å². The molecular weight excluding hydrogens is 316 g/mol. The second kappa shape index (κ2) is 6.80. The van der Waals surface area contributed by atoms with Crippen LogP contribution in [0.15, 0.2) is 48.5 Å². The van der Waals surface area contributed by atoms with E-state index in [2.05, 4.69) is 73.5 Å². The van der Waals surface area contributed by atoms with Gasteiger partial charge in [-0.25, -0.2) is 0 Å². The van der Waals surface area contributed by atoms with E-state index in [1.165, 1.54) is 0 Å². The SMILES string of the molecule is C[Si](C)(C)Nc1ccc(Oc2cccc(N[Si](C)(C)C)c2)cc1. The van der Waals surface area contributed by atoms with Crippen molar-refractivity contribution in [2.24, 2.45) is 0 Å². The van der Waals surface area contributed by atoms with E-state index in [9.17, 15) is 0 Å². The predicted octanol–water partition coefficient (Wildman–Crippen LogP) is 5.97. The third-order valence-corrected chi connectivity index (χ3v) is 5.04. The zero-order chi connectivity index (χ0) is 17.1. The summed E-state index contributed by atoms with van der Waals surface area (Å²) in [5.41, 5.74) is 2.28. The Kier molecular flexibility index (Phi) is 5.21. The average molecular weight is 345 g/mol. The second-order valence-electron chi connectivity index (χ2n) is 7.90. The molecule has 2 N–H and O–H groups in total. The van der Waals surface area contributed by atoms with Gasteiger partial charge < -0.3 is 14.7 Å². The minimum absolute atomic E-state index is 0.858. The highest BCUT2D eigenvalue weighted by molar-refractivity contribution is 6.79. The fraction of sp³-hybridized carbons (Fsp3) is 0.333. The van der Waals surface area contributed by atoms with Crippen LogP contribution in [0.25, 0.3) is 0 Å². The number of hydrogen-bond acceptors (Lipinski definition) is 3. The van der Waals surface area contributed by atoms with E-state index in [0.29, 0.717) is 0 Å². The van der Waals surface area contributed by atoms with E-state index >= 15 is 0 Å². The van der Waals surface area contributed by atoms with Crippen LogP contribution < -0.4 is 14.7 Å². The van der Waals surface area contributed by atoms with E-state index in [-0.39, 0.29) is 0 Å². The zero-order valence-electron chi connectivity index (χ0n) is 15.0. The maximum atomic E-state index is 5.98. The monoisotopic (exact) mass is 344 g/mol. The number of rotatable bonds is 6. The molecule has 0 fully saturated rings. The molecule has 0 saturated carbocycles. The van der Waals surface area contributed by atoms with Crippen molar-refractivity contribution < 1.29 is 4.74 Å². The molecule has 0 aromatic heterocycles. The smallest absolute Gasteiger partial charge is 0.144 e. The van der Waals surface area contributed by atoms with Crippen molar-refractivity contribution in [3.05, 3.63) is 48.5 Å². The van der Waals surface area contributed by atoms with Gasteiger partial charge in [-0.3, -0.25) is 0 Å². The van der Waals surface area contributed by atoms with Crippen LogP contribution in [0.3, 0.4) is 0 Å². The molecule has 2 rings (SSSR count). The van der Waals surface area contributed by atoms with Crippen molar-refractivity contribution in [1.82, 2.24) is 0 Å². The minimum atomic E-state index is -1.35. The fourth-order valence-electron chi connectivity index (χ4n) is 2.25. The molecule has 23 heavy (non-hydrogen) atoms. The summed E-state index contributed by atoms with van der Waals surface area (Å²) in [7, 11) is -2.67.